The van der Waals surface area contributed by atoms with Crippen molar-refractivity contribution in [1.29, 1.82) is 0 Å². The summed E-state index contributed by atoms with van der Waals surface area (Å²) < 4.78 is 11.0. The van der Waals surface area contributed by atoms with E-state index in [1.165, 1.54) is 0 Å². The van der Waals surface area contributed by atoms with Crippen molar-refractivity contribution in [2.75, 3.05) is 7.11 Å². The van der Waals surface area contributed by atoms with Crippen molar-refractivity contribution in [2.24, 2.45) is 11.8 Å². The number of hydrogen-bond acceptors (Lipinski definition) is 4. The summed E-state index contributed by atoms with van der Waals surface area (Å²) >= 11 is 0. The highest BCUT2D eigenvalue weighted by Gasteiger charge is 2.42. The highest BCUT2D eigenvalue weighted by atomic mass is 16.5. The Kier molecular flexibility index (Phi) is 3.88. The van der Waals surface area contributed by atoms with E-state index in [2.05, 4.69) is 11.9 Å². The Balaban J connectivity index is 2.28. The third-order valence-electron chi connectivity index (χ3n) is 3.98. The van der Waals surface area contributed by atoms with Gasteiger partial charge in [-0.05, 0) is 31.9 Å². The van der Waals surface area contributed by atoms with Crippen LogP contribution in [0.5, 0.6) is 5.75 Å². The number of aliphatic hydroxyl groups excluding tert-OH is 1. The lowest BCUT2D eigenvalue weighted by Gasteiger charge is -2.25. The molecule has 2 heterocycles. The molecular weight excluding hydrogens is 230 g/mol. The van der Waals surface area contributed by atoms with Crippen LogP contribution >= 0.6 is 0 Å². The molecule has 1 N–H and O–H groups in total. The highest BCUT2D eigenvalue weighted by molar-refractivity contribution is 5.29. The number of rotatable bonds is 3. The van der Waals surface area contributed by atoms with E-state index in [-0.39, 0.29) is 18.1 Å². The molecule has 5 atom stereocenters. The third kappa shape index (κ3) is 2.22. The van der Waals surface area contributed by atoms with Crippen LogP contribution in [0.25, 0.3) is 0 Å². The predicted molar refractivity (Wildman–Crippen MR) is 68.4 cm³/mol. The molecule has 0 radical (unpaired) electrons. The van der Waals surface area contributed by atoms with Crippen molar-refractivity contribution < 1.29 is 14.6 Å². The van der Waals surface area contributed by atoms with Gasteiger partial charge in [-0.3, -0.25) is 4.98 Å². The largest absolute Gasteiger partial charge is 0.495 e. The first-order valence-electron chi connectivity index (χ1n) is 6.38. The Hall–Kier alpha value is -1.13. The molecule has 5 unspecified atom stereocenters. The van der Waals surface area contributed by atoms with E-state index in [4.69, 9.17) is 9.47 Å². The lowest BCUT2D eigenvalue weighted by molar-refractivity contribution is 0.0210. The first-order chi connectivity index (χ1) is 8.56. The summed E-state index contributed by atoms with van der Waals surface area (Å²) in [7, 11) is 1.59. The van der Waals surface area contributed by atoms with Gasteiger partial charge in [0.05, 0.1) is 19.3 Å². The van der Waals surface area contributed by atoms with Gasteiger partial charge in [0.2, 0.25) is 0 Å². The molecule has 2 rings (SSSR count). The fraction of sp³-hybridized carbons (Fsp3) is 0.643. The molecular formula is C14H21NO3. The molecule has 1 aromatic rings. The van der Waals surface area contributed by atoms with Crippen LogP contribution in [0.3, 0.4) is 0 Å². The third-order valence-corrected chi connectivity index (χ3v) is 3.98. The van der Waals surface area contributed by atoms with Crippen molar-refractivity contribution in [3.63, 3.8) is 0 Å². The molecule has 4 nitrogen and oxygen atoms in total. The number of aliphatic hydroxyl groups is 1. The van der Waals surface area contributed by atoms with Gasteiger partial charge in [0.25, 0.3) is 0 Å². The zero-order valence-electron chi connectivity index (χ0n) is 11.3. The van der Waals surface area contributed by atoms with Gasteiger partial charge in [-0.15, -0.1) is 0 Å². The number of aromatic nitrogens is 1. The summed E-state index contributed by atoms with van der Waals surface area (Å²) in [5.41, 5.74) is 0.599. The molecule has 1 aliphatic heterocycles. The van der Waals surface area contributed by atoms with Crippen LogP contribution in [0.1, 0.15) is 32.6 Å². The molecule has 0 aliphatic carbocycles. The zero-order chi connectivity index (χ0) is 13.3. The molecule has 0 aromatic carbocycles. The van der Waals surface area contributed by atoms with E-state index in [0.29, 0.717) is 17.4 Å². The van der Waals surface area contributed by atoms with Gasteiger partial charge >= 0.3 is 0 Å². The molecule has 1 saturated heterocycles. The smallest absolute Gasteiger partial charge is 0.143 e. The average molecular weight is 251 g/mol. The van der Waals surface area contributed by atoms with Crippen LogP contribution in [0.2, 0.25) is 0 Å². The Morgan fingerprint density at radius 3 is 2.61 bits per heavy atom. The van der Waals surface area contributed by atoms with Gasteiger partial charge in [-0.1, -0.05) is 6.92 Å². The minimum atomic E-state index is -0.656. The van der Waals surface area contributed by atoms with E-state index < -0.39 is 6.10 Å². The van der Waals surface area contributed by atoms with E-state index in [0.717, 1.165) is 0 Å². The van der Waals surface area contributed by atoms with E-state index in [9.17, 15) is 5.11 Å². The summed E-state index contributed by atoms with van der Waals surface area (Å²) in [5, 5.41) is 10.6. The van der Waals surface area contributed by atoms with Crippen LogP contribution in [-0.2, 0) is 4.74 Å². The quantitative estimate of drug-likeness (QED) is 0.894. The highest BCUT2D eigenvalue weighted by Crippen LogP contribution is 2.41. The molecule has 1 fully saturated rings. The Morgan fingerprint density at radius 1 is 1.33 bits per heavy atom. The molecule has 0 saturated carbocycles. The number of ether oxygens (including phenoxy) is 2. The number of pyridine rings is 1. The average Bonchev–Trinajstić information content (AvgIpc) is 2.62. The minimum absolute atomic E-state index is 0.0247. The van der Waals surface area contributed by atoms with Gasteiger partial charge < -0.3 is 14.6 Å². The first-order valence-corrected chi connectivity index (χ1v) is 6.38. The van der Waals surface area contributed by atoms with Crippen LogP contribution in [-0.4, -0.2) is 29.4 Å². The van der Waals surface area contributed by atoms with E-state index >= 15 is 0 Å². The van der Waals surface area contributed by atoms with Gasteiger partial charge in [0.1, 0.15) is 17.5 Å². The number of nitrogens with zero attached hydrogens (tertiary/aromatic N) is 1. The lowest BCUT2D eigenvalue weighted by atomic mass is 9.83. The maximum atomic E-state index is 10.6. The van der Waals surface area contributed by atoms with Gasteiger partial charge in [0.15, 0.2) is 0 Å². The van der Waals surface area contributed by atoms with Gasteiger partial charge in [0, 0.05) is 12.1 Å². The standard InChI is InChI=1S/C14H21NO3/c1-8-9(2)18-10(3)12(8)14(16)13-11(17-4)6-5-7-15-13/h5-10,12,14,16H,1-4H3. The fourth-order valence-electron chi connectivity index (χ4n) is 2.82. The van der Waals surface area contributed by atoms with E-state index in [1.54, 1.807) is 19.4 Å². The predicted octanol–water partition coefficient (Wildman–Crippen LogP) is 2.18. The second-order valence-corrected chi connectivity index (χ2v) is 5.02. The normalized spacial score (nSPS) is 33.4. The van der Waals surface area contributed by atoms with Crippen molar-refractivity contribution in [3.8, 4) is 5.75 Å². The van der Waals surface area contributed by atoms with Crippen molar-refractivity contribution >= 4 is 0 Å². The van der Waals surface area contributed by atoms with Gasteiger partial charge in [-0.2, -0.15) is 0 Å². The second kappa shape index (κ2) is 5.24. The summed E-state index contributed by atoms with van der Waals surface area (Å²) in [6, 6.07) is 3.62. The summed E-state index contributed by atoms with van der Waals surface area (Å²) in [6.45, 7) is 6.16. The monoisotopic (exact) mass is 251 g/mol. The maximum absolute atomic E-state index is 10.6. The summed E-state index contributed by atoms with van der Waals surface area (Å²) in [4.78, 5) is 4.26. The van der Waals surface area contributed by atoms with Crippen LogP contribution < -0.4 is 4.74 Å². The topological polar surface area (TPSA) is 51.6 Å². The molecule has 4 heteroatoms. The summed E-state index contributed by atoms with van der Waals surface area (Å²) in [6.07, 6.45) is 1.21. The first kappa shape index (κ1) is 13.3. The minimum Gasteiger partial charge on any atom is -0.495 e. The van der Waals surface area contributed by atoms with Crippen LogP contribution in [0.15, 0.2) is 18.3 Å². The Bertz CT molecular complexity index is 410. The number of hydrogen-bond donors (Lipinski definition) is 1. The second-order valence-electron chi connectivity index (χ2n) is 5.02. The molecule has 0 amide bonds. The van der Waals surface area contributed by atoms with Crippen molar-refractivity contribution in [2.45, 2.75) is 39.1 Å². The lowest BCUT2D eigenvalue weighted by Crippen LogP contribution is -2.26. The van der Waals surface area contributed by atoms with Crippen molar-refractivity contribution in [1.82, 2.24) is 4.98 Å². The zero-order valence-corrected chi connectivity index (χ0v) is 11.3. The van der Waals surface area contributed by atoms with Gasteiger partial charge in [-0.25, -0.2) is 0 Å². The molecule has 0 bridgehead atoms. The molecule has 1 aliphatic rings. The Morgan fingerprint density at radius 2 is 2.06 bits per heavy atom. The van der Waals surface area contributed by atoms with Crippen LogP contribution in [0, 0.1) is 11.8 Å². The van der Waals surface area contributed by atoms with E-state index in [1.807, 2.05) is 19.9 Å². The fourth-order valence-corrected chi connectivity index (χ4v) is 2.82. The molecule has 1 aromatic heterocycles. The SMILES string of the molecule is COc1cccnc1C(O)C1C(C)OC(C)C1C. The molecule has 0 spiro atoms. The van der Waals surface area contributed by atoms with Crippen molar-refractivity contribution in [3.05, 3.63) is 24.0 Å². The maximum Gasteiger partial charge on any atom is 0.143 e. The van der Waals surface area contributed by atoms with Crippen LogP contribution in [0.4, 0.5) is 0 Å². The molecule has 18 heavy (non-hydrogen) atoms. The Labute approximate surface area is 108 Å². The number of methoxy groups -OCH3 is 1. The summed E-state index contributed by atoms with van der Waals surface area (Å²) in [5.74, 6) is 0.967. The molecule has 100 valence electrons.